The van der Waals surface area contributed by atoms with Crippen molar-refractivity contribution in [3.63, 3.8) is 0 Å². The number of hydrogen-bond donors (Lipinski definition) is 1. The molecule has 0 spiro atoms. The molecule has 0 heterocycles. The molecular weight excluding hydrogens is 205 g/mol. The smallest absolute Gasteiger partial charge is 0.123 e. The first-order chi connectivity index (χ1) is 7.65. The molecule has 1 unspecified atom stereocenters. The first-order valence-electron chi connectivity index (χ1n) is 5.86. The van der Waals surface area contributed by atoms with E-state index in [1.54, 1.807) is 6.07 Å². The van der Waals surface area contributed by atoms with E-state index in [2.05, 4.69) is 0 Å². The molecule has 0 bridgehead atoms. The van der Waals surface area contributed by atoms with Gasteiger partial charge in [0.25, 0.3) is 0 Å². The summed E-state index contributed by atoms with van der Waals surface area (Å²) in [7, 11) is 0. The Morgan fingerprint density at radius 3 is 2.81 bits per heavy atom. The predicted octanol–water partition coefficient (Wildman–Crippen LogP) is 2.65. The van der Waals surface area contributed by atoms with Crippen molar-refractivity contribution >= 4 is 0 Å². The Bertz CT molecular complexity index is 361. The highest BCUT2D eigenvalue weighted by Gasteiger charge is 2.20. The second kappa shape index (κ2) is 4.83. The molecule has 0 radical (unpaired) electrons. The lowest BCUT2D eigenvalue weighted by Crippen LogP contribution is -2.26. The number of benzene rings is 1. The molecule has 0 aromatic heterocycles. The molecule has 1 aliphatic rings. The van der Waals surface area contributed by atoms with E-state index in [1.165, 1.54) is 18.6 Å². The van der Waals surface area contributed by atoms with E-state index in [4.69, 9.17) is 10.5 Å². The third-order valence-corrected chi connectivity index (χ3v) is 2.91. The minimum atomic E-state index is -0.225. The second-order valence-electron chi connectivity index (χ2n) is 4.60. The third kappa shape index (κ3) is 2.73. The van der Waals surface area contributed by atoms with Gasteiger partial charge in [-0.2, -0.15) is 0 Å². The Morgan fingerprint density at radius 1 is 1.50 bits per heavy atom. The Hall–Kier alpha value is -1.09. The first kappa shape index (κ1) is 11.4. The monoisotopic (exact) mass is 223 g/mol. The van der Waals surface area contributed by atoms with Gasteiger partial charge in [0.1, 0.15) is 11.6 Å². The molecule has 0 saturated heterocycles. The quantitative estimate of drug-likeness (QED) is 0.851. The van der Waals surface area contributed by atoms with Gasteiger partial charge in [-0.15, -0.1) is 0 Å². The maximum absolute atomic E-state index is 13.1. The standard InChI is InChI=1S/C13H18FNO/c1-9(15)7-10-8-11(14)5-6-13(10)16-12-3-2-4-12/h5-6,8-9,12H,2-4,7,15H2,1H3. The van der Waals surface area contributed by atoms with Gasteiger partial charge in [-0.25, -0.2) is 4.39 Å². The molecule has 0 amide bonds. The summed E-state index contributed by atoms with van der Waals surface area (Å²) in [5.41, 5.74) is 6.62. The zero-order valence-electron chi connectivity index (χ0n) is 9.58. The molecule has 1 fully saturated rings. The maximum atomic E-state index is 13.1. The van der Waals surface area contributed by atoms with Gasteiger partial charge in [0.15, 0.2) is 0 Å². The van der Waals surface area contributed by atoms with E-state index < -0.39 is 0 Å². The summed E-state index contributed by atoms with van der Waals surface area (Å²) in [5, 5.41) is 0. The third-order valence-electron chi connectivity index (χ3n) is 2.91. The van der Waals surface area contributed by atoms with Crippen LogP contribution in [0.25, 0.3) is 0 Å². The van der Waals surface area contributed by atoms with Gasteiger partial charge in [-0.3, -0.25) is 0 Å². The van der Waals surface area contributed by atoms with Crippen LogP contribution in [0.15, 0.2) is 18.2 Å². The van der Waals surface area contributed by atoms with Crippen LogP contribution >= 0.6 is 0 Å². The fourth-order valence-electron chi connectivity index (χ4n) is 1.84. The number of hydrogen-bond acceptors (Lipinski definition) is 2. The van der Waals surface area contributed by atoms with Crippen LogP contribution < -0.4 is 10.5 Å². The van der Waals surface area contributed by atoms with Crippen molar-refractivity contribution in [1.29, 1.82) is 0 Å². The van der Waals surface area contributed by atoms with E-state index in [0.717, 1.165) is 24.2 Å². The fraction of sp³-hybridized carbons (Fsp3) is 0.538. The first-order valence-corrected chi connectivity index (χ1v) is 5.86. The van der Waals surface area contributed by atoms with Crippen LogP contribution in [0.5, 0.6) is 5.75 Å². The summed E-state index contributed by atoms with van der Waals surface area (Å²) in [6, 6.07) is 4.70. The van der Waals surface area contributed by atoms with Gasteiger partial charge < -0.3 is 10.5 Å². The highest BCUT2D eigenvalue weighted by molar-refractivity contribution is 5.35. The molecular formula is C13H18FNO. The molecule has 88 valence electrons. The van der Waals surface area contributed by atoms with Crippen molar-refractivity contribution in [2.45, 2.75) is 44.8 Å². The van der Waals surface area contributed by atoms with E-state index in [0.29, 0.717) is 12.5 Å². The van der Waals surface area contributed by atoms with E-state index in [9.17, 15) is 4.39 Å². The number of halogens is 1. The second-order valence-corrected chi connectivity index (χ2v) is 4.60. The van der Waals surface area contributed by atoms with Gasteiger partial charge in [-0.1, -0.05) is 0 Å². The summed E-state index contributed by atoms with van der Waals surface area (Å²) < 4.78 is 18.9. The molecule has 1 aromatic carbocycles. The topological polar surface area (TPSA) is 35.2 Å². The zero-order valence-corrected chi connectivity index (χ0v) is 9.58. The van der Waals surface area contributed by atoms with Gasteiger partial charge in [-0.05, 0) is 56.4 Å². The maximum Gasteiger partial charge on any atom is 0.123 e. The van der Waals surface area contributed by atoms with Gasteiger partial charge in [0.05, 0.1) is 6.10 Å². The fourth-order valence-corrected chi connectivity index (χ4v) is 1.84. The van der Waals surface area contributed by atoms with Crippen molar-refractivity contribution < 1.29 is 9.13 Å². The highest BCUT2D eigenvalue weighted by atomic mass is 19.1. The molecule has 1 aromatic rings. The van der Waals surface area contributed by atoms with Crippen molar-refractivity contribution in [3.8, 4) is 5.75 Å². The molecule has 16 heavy (non-hydrogen) atoms. The van der Waals surface area contributed by atoms with Crippen LogP contribution in [0.2, 0.25) is 0 Å². The van der Waals surface area contributed by atoms with Gasteiger partial charge >= 0.3 is 0 Å². The summed E-state index contributed by atoms with van der Waals surface area (Å²) >= 11 is 0. The summed E-state index contributed by atoms with van der Waals surface area (Å²) in [6.45, 7) is 1.91. The minimum Gasteiger partial charge on any atom is -0.490 e. The zero-order chi connectivity index (χ0) is 11.5. The van der Waals surface area contributed by atoms with Crippen LogP contribution in [0.1, 0.15) is 31.7 Å². The Labute approximate surface area is 95.6 Å². The SMILES string of the molecule is CC(N)Cc1cc(F)ccc1OC1CCC1. The van der Waals surface area contributed by atoms with E-state index in [-0.39, 0.29) is 11.9 Å². The van der Waals surface area contributed by atoms with Crippen LogP contribution in [0.4, 0.5) is 4.39 Å². The predicted molar refractivity (Wildman–Crippen MR) is 62.0 cm³/mol. The number of nitrogens with two attached hydrogens (primary N) is 1. The van der Waals surface area contributed by atoms with Crippen LogP contribution in [0.3, 0.4) is 0 Å². The molecule has 2 N–H and O–H groups in total. The number of rotatable bonds is 4. The molecule has 1 saturated carbocycles. The molecule has 3 heteroatoms. The highest BCUT2D eigenvalue weighted by Crippen LogP contribution is 2.28. The van der Waals surface area contributed by atoms with Crippen molar-refractivity contribution in [3.05, 3.63) is 29.6 Å². The Kier molecular flexibility index (Phi) is 3.44. The molecule has 1 aliphatic carbocycles. The Morgan fingerprint density at radius 2 is 2.25 bits per heavy atom. The van der Waals surface area contributed by atoms with Crippen molar-refractivity contribution in [1.82, 2.24) is 0 Å². The van der Waals surface area contributed by atoms with Crippen LogP contribution in [0, 0.1) is 5.82 Å². The number of ether oxygens (including phenoxy) is 1. The summed E-state index contributed by atoms with van der Waals surface area (Å²) in [4.78, 5) is 0. The largest absolute Gasteiger partial charge is 0.490 e. The Balaban J connectivity index is 2.13. The lowest BCUT2D eigenvalue weighted by atomic mass is 9.96. The van der Waals surface area contributed by atoms with Crippen molar-refractivity contribution in [2.75, 3.05) is 0 Å². The average molecular weight is 223 g/mol. The van der Waals surface area contributed by atoms with E-state index >= 15 is 0 Å². The summed E-state index contributed by atoms with van der Waals surface area (Å²) in [5.74, 6) is 0.569. The lowest BCUT2D eigenvalue weighted by Gasteiger charge is -2.27. The van der Waals surface area contributed by atoms with E-state index in [1.807, 2.05) is 6.92 Å². The van der Waals surface area contributed by atoms with Crippen LogP contribution in [-0.4, -0.2) is 12.1 Å². The van der Waals surface area contributed by atoms with Crippen molar-refractivity contribution in [2.24, 2.45) is 5.73 Å². The minimum absolute atomic E-state index is 0.0190. The molecule has 1 atom stereocenters. The average Bonchev–Trinajstić information content (AvgIpc) is 2.12. The van der Waals surface area contributed by atoms with Gasteiger partial charge in [0.2, 0.25) is 0 Å². The molecule has 2 nitrogen and oxygen atoms in total. The van der Waals surface area contributed by atoms with Gasteiger partial charge in [0, 0.05) is 6.04 Å². The normalized spacial score (nSPS) is 17.9. The summed E-state index contributed by atoms with van der Waals surface area (Å²) in [6.07, 6.45) is 4.41. The lowest BCUT2D eigenvalue weighted by molar-refractivity contribution is 0.119. The molecule has 0 aliphatic heterocycles. The van der Waals surface area contributed by atoms with Crippen LogP contribution in [-0.2, 0) is 6.42 Å². The molecule has 2 rings (SSSR count).